The molecule has 24 heavy (non-hydrogen) atoms. The van der Waals surface area contributed by atoms with Gasteiger partial charge in [-0.1, -0.05) is 32.9 Å². The fraction of sp³-hybridized carbons (Fsp3) is 0.312. The van der Waals surface area contributed by atoms with E-state index in [9.17, 15) is 14.7 Å². The molecule has 0 fully saturated rings. The highest BCUT2D eigenvalue weighted by Gasteiger charge is 2.19. The summed E-state index contributed by atoms with van der Waals surface area (Å²) in [5.74, 6) is -1.54. The highest BCUT2D eigenvalue weighted by Crippen LogP contribution is 2.15. The molecule has 1 atom stereocenters. The number of hydrogen-bond donors (Lipinski definition) is 4. The Balaban J connectivity index is 2.98. The van der Waals surface area contributed by atoms with Gasteiger partial charge in [-0.15, -0.1) is 0 Å². The predicted molar refractivity (Wildman–Crippen MR) is 91.8 cm³/mol. The summed E-state index contributed by atoms with van der Waals surface area (Å²) in [4.78, 5) is 28.6. The van der Waals surface area contributed by atoms with Crippen LogP contribution in [0.15, 0.2) is 30.5 Å². The monoisotopic (exact) mass is 331 g/mol. The van der Waals surface area contributed by atoms with E-state index >= 15 is 0 Å². The van der Waals surface area contributed by atoms with Crippen molar-refractivity contribution in [2.45, 2.75) is 26.8 Å². The Morgan fingerprint density at radius 2 is 1.96 bits per heavy atom. The van der Waals surface area contributed by atoms with Gasteiger partial charge in [0.05, 0.1) is 12.7 Å². The normalized spacial score (nSPS) is 12.5. The van der Waals surface area contributed by atoms with E-state index < -0.39 is 17.9 Å². The largest absolute Gasteiger partial charge is 0.479 e. The molecule has 0 spiro atoms. The number of aliphatic carboxylic acids is 1. The van der Waals surface area contributed by atoms with E-state index in [4.69, 9.17) is 10.8 Å². The van der Waals surface area contributed by atoms with Crippen molar-refractivity contribution in [1.29, 1.82) is 10.8 Å². The Morgan fingerprint density at radius 3 is 2.46 bits per heavy atom. The molecular formula is C16H21N5O3. The molecule has 0 aliphatic heterocycles. The SMILES string of the molecule is CC(C)(C)/C=C/C(NC(=O)c1ccnc(N(C=N)C=N)c1)C(=O)O. The maximum Gasteiger partial charge on any atom is 0.330 e. The summed E-state index contributed by atoms with van der Waals surface area (Å²) in [7, 11) is 0. The van der Waals surface area contributed by atoms with Gasteiger partial charge in [0.15, 0.2) is 0 Å². The zero-order valence-electron chi connectivity index (χ0n) is 13.8. The summed E-state index contributed by atoms with van der Waals surface area (Å²) in [6, 6.07) is 1.64. The van der Waals surface area contributed by atoms with Gasteiger partial charge in [0.25, 0.3) is 5.91 Å². The molecule has 0 aliphatic rings. The third-order valence-electron chi connectivity index (χ3n) is 2.89. The summed E-state index contributed by atoms with van der Waals surface area (Å²) in [6.45, 7) is 5.76. The number of allylic oxidation sites excluding steroid dienone is 1. The topological polar surface area (TPSA) is 130 Å². The van der Waals surface area contributed by atoms with Gasteiger partial charge in [0.1, 0.15) is 11.9 Å². The molecule has 0 bridgehead atoms. The molecule has 0 aromatic carbocycles. The van der Waals surface area contributed by atoms with Crippen LogP contribution in [0.2, 0.25) is 0 Å². The van der Waals surface area contributed by atoms with Crippen molar-refractivity contribution >= 4 is 30.4 Å². The lowest BCUT2D eigenvalue weighted by molar-refractivity contribution is -0.137. The lowest BCUT2D eigenvalue weighted by Gasteiger charge is -2.16. The number of pyridine rings is 1. The van der Waals surface area contributed by atoms with Crippen molar-refractivity contribution in [1.82, 2.24) is 10.3 Å². The molecule has 8 heteroatoms. The number of nitrogens with one attached hydrogen (secondary N) is 3. The van der Waals surface area contributed by atoms with Gasteiger partial charge in [-0.3, -0.25) is 20.5 Å². The molecule has 0 saturated carbocycles. The van der Waals surface area contributed by atoms with Crippen molar-refractivity contribution < 1.29 is 14.7 Å². The number of carbonyl (C=O) groups is 2. The number of nitrogens with zero attached hydrogens (tertiary/aromatic N) is 2. The average molecular weight is 331 g/mol. The summed E-state index contributed by atoms with van der Waals surface area (Å²) in [5.41, 5.74) is -0.0273. The van der Waals surface area contributed by atoms with E-state index in [1.165, 1.54) is 24.4 Å². The molecule has 1 unspecified atom stereocenters. The van der Waals surface area contributed by atoms with Gasteiger partial charge in [0, 0.05) is 11.8 Å². The van der Waals surface area contributed by atoms with Gasteiger partial charge < -0.3 is 10.4 Å². The van der Waals surface area contributed by atoms with Crippen molar-refractivity contribution in [3.63, 3.8) is 0 Å². The zero-order chi connectivity index (χ0) is 18.3. The molecule has 1 aromatic heterocycles. The molecule has 0 aliphatic carbocycles. The summed E-state index contributed by atoms with van der Waals surface area (Å²) < 4.78 is 0. The summed E-state index contributed by atoms with van der Waals surface area (Å²) in [6.07, 6.45) is 6.26. The number of amides is 1. The van der Waals surface area contributed by atoms with Crippen LogP contribution in [0, 0.1) is 16.2 Å². The van der Waals surface area contributed by atoms with E-state index in [-0.39, 0.29) is 16.8 Å². The fourth-order valence-electron chi connectivity index (χ4n) is 1.67. The van der Waals surface area contributed by atoms with Crippen LogP contribution < -0.4 is 10.2 Å². The minimum absolute atomic E-state index is 0.184. The Kier molecular flexibility index (Phi) is 6.34. The predicted octanol–water partition coefficient (Wildman–Crippen LogP) is 1.89. The van der Waals surface area contributed by atoms with Crippen LogP contribution in [-0.2, 0) is 4.79 Å². The highest BCUT2D eigenvalue weighted by atomic mass is 16.4. The minimum Gasteiger partial charge on any atom is -0.479 e. The first kappa shape index (κ1) is 19.0. The van der Waals surface area contributed by atoms with E-state index in [0.717, 1.165) is 17.6 Å². The van der Waals surface area contributed by atoms with Gasteiger partial charge in [0.2, 0.25) is 0 Å². The number of carbonyl (C=O) groups excluding carboxylic acids is 1. The maximum atomic E-state index is 12.3. The smallest absolute Gasteiger partial charge is 0.330 e. The zero-order valence-corrected chi connectivity index (χ0v) is 13.8. The number of rotatable bonds is 7. The van der Waals surface area contributed by atoms with E-state index in [1.807, 2.05) is 20.8 Å². The summed E-state index contributed by atoms with van der Waals surface area (Å²) >= 11 is 0. The Bertz CT molecular complexity index is 656. The van der Waals surface area contributed by atoms with E-state index in [2.05, 4.69) is 10.3 Å². The Labute approximate surface area is 140 Å². The van der Waals surface area contributed by atoms with E-state index in [1.54, 1.807) is 6.08 Å². The van der Waals surface area contributed by atoms with Gasteiger partial charge in [-0.05, 0) is 17.5 Å². The molecule has 1 rings (SSSR count). The van der Waals surface area contributed by atoms with Crippen LogP contribution in [0.4, 0.5) is 5.82 Å². The average Bonchev–Trinajstić information content (AvgIpc) is 2.51. The molecule has 0 saturated heterocycles. The molecular weight excluding hydrogens is 310 g/mol. The Morgan fingerprint density at radius 1 is 1.33 bits per heavy atom. The van der Waals surface area contributed by atoms with Crippen molar-refractivity contribution in [2.24, 2.45) is 5.41 Å². The quantitative estimate of drug-likeness (QED) is 0.344. The lowest BCUT2D eigenvalue weighted by atomic mass is 9.95. The van der Waals surface area contributed by atoms with Crippen molar-refractivity contribution in [3.8, 4) is 0 Å². The van der Waals surface area contributed by atoms with Gasteiger partial charge in [-0.2, -0.15) is 0 Å². The molecule has 1 aromatic rings. The first-order chi connectivity index (χ1) is 11.2. The van der Waals surface area contributed by atoms with Crippen LogP contribution in [0.1, 0.15) is 31.1 Å². The molecule has 0 radical (unpaired) electrons. The highest BCUT2D eigenvalue weighted by molar-refractivity contribution is 6.00. The second-order valence-electron chi connectivity index (χ2n) is 6.08. The van der Waals surface area contributed by atoms with Crippen LogP contribution in [0.5, 0.6) is 0 Å². The first-order valence-corrected chi connectivity index (χ1v) is 7.16. The maximum absolute atomic E-state index is 12.3. The van der Waals surface area contributed by atoms with Gasteiger partial charge >= 0.3 is 5.97 Å². The van der Waals surface area contributed by atoms with Crippen LogP contribution >= 0.6 is 0 Å². The van der Waals surface area contributed by atoms with Crippen LogP contribution in [-0.4, -0.2) is 40.7 Å². The van der Waals surface area contributed by atoms with Crippen LogP contribution in [0.25, 0.3) is 0 Å². The van der Waals surface area contributed by atoms with E-state index in [0.29, 0.717) is 0 Å². The van der Waals surface area contributed by atoms with Crippen LogP contribution in [0.3, 0.4) is 0 Å². The number of hydrogen-bond acceptors (Lipinski definition) is 5. The molecule has 1 amide bonds. The third kappa shape index (κ3) is 5.64. The third-order valence-corrected chi connectivity index (χ3v) is 2.89. The lowest BCUT2D eigenvalue weighted by Crippen LogP contribution is -2.39. The molecule has 128 valence electrons. The Hall–Kier alpha value is -3.03. The number of aromatic nitrogens is 1. The van der Waals surface area contributed by atoms with Crippen molar-refractivity contribution in [2.75, 3.05) is 4.90 Å². The molecule has 1 heterocycles. The number of anilines is 1. The second-order valence-corrected chi connectivity index (χ2v) is 6.08. The first-order valence-electron chi connectivity index (χ1n) is 7.16. The van der Waals surface area contributed by atoms with Gasteiger partial charge in [-0.25, -0.2) is 9.78 Å². The number of carboxylic acid groups (broad SMARTS) is 1. The van der Waals surface area contributed by atoms with Crippen molar-refractivity contribution in [3.05, 3.63) is 36.0 Å². The fourth-order valence-corrected chi connectivity index (χ4v) is 1.67. The second kappa shape index (κ2) is 8.00. The minimum atomic E-state index is -1.17. The number of carboxylic acids is 1. The standard InChI is InChI=1S/C16H21N5O3/c1-16(2,3)6-4-12(15(23)24)20-14(22)11-5-7-19-13(8-11)21(9-17)10-18/h4-10,12,17-18H,1-3H3,(H,20,22)(H,23,24)/b6-4+,17-9?,18-10?. The molecule has 4 N–H and O–H groups in total. The summed E-state index contributed by atoms with van der Waals surface area (Å²) in [5, 5.41) is 26.0. The molecule has 8 nitrogen and oxygen atoms in total.